The molecule has 29 heavy (non-hydrogen) atoms. The number of hydrogen-bond acceptors (Lipinski definition) is 7. The molecule has 1 aromatic carbocycles. The summed E-state index contributed by atoms with van der Waals surface area (Å²) in [6.45, 7) is 9.30. The van der Waals surface area contributed by atoms with Gasteiger partial charge < -0.3 is 23.9 Å². The lowest BCUT2D eigenvalue weighted by Crippen LogP contribution is -2.41. The van der Waals surface area contributed by atoms with Gasteiger partial charge >= 0.3 is 13.1 Å². The second kappa shape index (κ2) is 8.81. The molecule has 1 N–H and O–H groups in total. The van der Waals surface area contributed by atoms with Crippen molar-refractivity contribution in [1.29, 1.82) is 0 Å². The number of thioether (sulfide) groups is 1. The Bertz CT molecular complexity index is 791. The highest BCUT2D eigenvalue weighted by Crippen LogP contribution is 2.41. The first-order valence-electron chi connectivity index (χ1n) is 9.10. The average molecular weight is 422 g/mol. The quantitative estimate of drug-likeness (QED) is 0.666. The van der Waals surface area contributed by atoms with Gasteiger partial charge in [-0.05, 0) is 45.3 Å². The molecule has 0 unspecified atom stereocenters. The van der Waals surface area contributed by atoms with Crippen molar-refractivity contribution < 1.29 is 33.5 Å². The summed E-state index contributed by atoms with van der Waals surface area (Å²) >= 11 is 1.14. The van der Waals surface area contributed by atoms with Gasteiger partial charge in [0.15, 0.2) is 5.12 Å². The fourth-order valence-corrected chi connectivity index (χ4v) is 3.34. The smallest absolute Gasteiger partial charge is 0.491 e. The molecule has 0 aliphatic carbocycles. The molecule has 0 aromatic heterocycles. The molecule has 1 heterocycles. The monoisotopic (exact) mass is 422 g/mol. The van der Waals surface area contributed by atoms with Gasteiger partial charge in [0.05, 0.1) is 36.5 Å². The molecule has 1 aromatic rings. The third kappa shape index (κ3) is 5.15. The highest BCUT2D eigenvalue weighted by molar-refractivity contribution is 8.13. The number of hydrogen-bond donors (Lipinski definition) is 1. The zero-order valence-electron chi connectivity index (χ0n) is 17.8. The Balaban J connectivity index is 2.57. The fourth-order valence-electron chi connectivity index (χ4n) is 2.75. The summed E-state index contributed by atoms with van der Waals surface area (Å²) < 4.78 is 23.1. The average Bonchev–Trinajstić information content (AvgIpc) is 2.85. The number of carbonyl (C=O) groups excluding carboxylic acids is 1. The molecule has 1 fully saturated rings. The van der Waals surface area contributed by atoms with Crippen LogP contribution in [0.2, 0.25) is 0 Å². The van der Waals surface area contributed by atoms with Crippen LogP contribution in [0, 0.1) is 0 Å². The second-order valence-corrected chi connectivity index (χ2v) is 8.84. The molecule has 2 rings (SSSR count). The van der Waals surface area contributed by atoms with Crippen molar-refractivity contribution >= 4 is 36.0 Å². The summed E-state index contributed by atoms with van der Waals surface area (Å²) in [6, 6.07) is 2.85. The number of carbonyl (C=O) groups is 2. The summed E-state index contributed by atoms with van der Waals surface area (Å²) in [5, 5.41) is 9.29. The predicted octanol–water partition coefficient (Wildman–Crippen LogP) is 3.70. The largest absolute Gasteiger partial charge is 0.496 e. The van der Waals surface area contributed by atoms with Crippen LogP contribution in [0.5, 0.6) is 11.5 Å². The Labute approximate surface area is 175 Å². The zero-order valence-corrected chi connectivity index (χ0v) is 18.6. The van der Waals surface area contributed by atoms with Crippen molar-refractivity contribution in [1.82, 2.24) is 0 Å². The molecule has 1 saturated heterocycles. The van der Waals surface area contributed by atoms with Crippen molar-refractivity contribution in [3.63, 3.8) is 0 Å². The van der Waals surface area contributed by atoms with E-state index in [1.165, 1.54) is 33.3 Å². The molecule has 0 radical (unpaired) electrons. The Morgan fingerprint density at radius 1 is 1.10 bits per heavy atom. The van der Waals surface area contributed by atoms with E-state index >= 15 is 0 Å². The van der Waals surface area contributed by atoms with Crippen LogP contribution in [0.15, 0.2) is 17.6 Å². The third-order valence-corrected chi connectivity index (χ3v) is 6.00. The number of rotatable bonds is 7. The van der Waals surface area contributed by atoms with E-state index in [1.54, 1.807) is 6.08 Å². The van der Waals surface area contributed by atoms with Gasteiger partial charge in [0, 0.05) is 12.7 Å². The van der Waals surface area contributed by atoms with Crippen LogP contribution in [0.25, 0.3) is 6.08 Å². The van der Waals surface area contributed by atoms with Gasteiger partial charge in [-0.2, -0.15) is 0 Å². The predicted molar refractivity (Wildman–Crippen MR) is 114 cm³/mol. The van der Waals surface area contributed by atoms with Gasteiger partial charge in [-0.25, -0.2) is 4.79 Å². The summed E-state index contributed by atoms with van der Waals surface area (Å²) in [5.74, 6) is -0.0679. The van der Waals surface area contributed by atoms with E-state index < -0.39 is 24.3 Å². The van der Waals surface area contributed by atoms with Gasteiger partial charge in [-0.3, -0.25) is 4.79 Å². The normalized spacial score (nSPS) is 17.9. The summed E-state index contributed by atoms with van der Waals surface area (Å²) in [4.78, 5) is 23.0. The fraction of sp³-hybridized carbons (Fsp3) is 0.500. The molecule has 0 spiro atoms. The van der Waals surface area contributed by atoms with E-state index in [-0.39, 0.29) is 10.7 Å². The van der Waals surface area contributed by atoms with E-state index in [4.69, 9.17) is 18.8 Å². The first kappa shape index (κ1) is 23.3. The maximum absolute atomic E-state index is 11.6. The van der Waals surface area contributed by atoms with Gasteiger partial charge in [-0.15, -0.1) is 0 Å². The molecule has 0 bridgehead atoms. The molecule has 0 atom stereocenters. The standard InChI is InChI=1S/C20H27BO7S/c1-12(22)29-11-14(21-27-19(2,3)20(4,5)28-21)10-15-16(25-6)8-13(18(23)24)9-17(15)26-7/h8-10H,11H2,1-7H3,(H,23,24). The lowest BCUT2D eigenvalue weighted by Gasteiger charge is -2.32. The summed E-state index contributed by atoms with van der Waals surface area (Å²) in [5.41, 5.74) is 0.223. The number of methoxy groups -OCH3 is 2. The minimum Gasteiger partial charge on any atom is -0.496 e. The van der Waals surface area contributed by atoms with Gasteiger partial charge in [-0.1, -0.05) is 17.8 Å². The zero-order chi connectivity index (χ0) is 22.0. The Hall–Kier alpha value is -1.97. The number of carboxylic acids is 1. The Morgan fingerprint density at radius 2 is 1.59 bits per heavy atom. The number of ether oxygens (including phenoxy) is 2. The lowest BCUT2D eigenvalue weighted by atomic mass is 9.78. The third-order valence-electron chi connectivity index (χ3n) is 5.12. The van der Waals surface area contributed by atoms with Crippen LogP contribution in [0.4, 0.5) is 0 Å². The molecular formula is C20H27BO7S. The van der Waals surface area contributed by atoms with Crippen LogP contribution in [-0.4, -0.2) is 54.5 Å². The van der Waals surface area contributed by atoms with Gasteiger partial charge in [0.25, 0.3) is 0 Å². The maximum atomic E-state index is 11.6. The molecule has 0 amide bonds. The van der Waals surface area contributed by atoms with Crippen molar-refractivity contribution in [3.8, 4) is 11.5 Å². The van der Waals surface area contributed by atoms with Crippen LogP contribution in [0.1, 0.15) is 50.5 Å². The van der Waals surface area contributed by atoms with Crippen LogP contribution in [-0.2, 0) is 14.1 Å². The van der Waals surface area contributed by atoms with E-state index in [0.29, 0.717) is 28.3 Å². The number of benzene rings is 1. The minimum atomic E-state index is -1.09. The van der Waals surface area contributed by atoms with Gasteiger partial charge in [0.2, 0.25) is 0 Å². The van der Waals surface area contributed by atoms with E-state index in [0.717, 1.165) is 11.8 Å². The minimum absolute atomic E-state index is 0.0347. The van der Waals surface area contributed by atoms with E-state index in [1.807, 2.05) is 27.7 Å². The number of aromatic carboxylic acids is 1. The first-order chi connectivity index (χ1) is 13.4. The van der Waals surface area contributed by atoms with Crippen molar-refractivity contribution in [2.24, 2.45) is 0 Å². The summed E-state index contributed by atoms with van der Waals surface area (Å²) in [6.07, 6.45) is 1.78. The molecular weight excluding hydrogens is 395 g/mol. The molecule has 1 aliphatic heterocycles. The highest BCUT2D eigenvalue weighted by atomic mass is 32.2. The van der Waals surface area contributed by atoms with Crippen LogP contribution in [0.3, 0.4) is 0 Å². The first-order valence-corrected chi connectivity index (χ1v) is 10.1. The molecule has 1 aliphatic rings. The van der Waals surface area contributed by atoms with E-state index in [2.05, 4.69) is 0 Å². The highest BCUT2D eigenvalue weighted by Gasteiger charge is 2.52. The van der Waals surface area contributed by atoms with Crippen molar-refractivity contribution in [3.05, 3.63) is 28.7 Å². The van der Waals surface area contributed by atoms with Crippen molar-refractivity contribution in [2.45, 2.75) is 45.8 Å². The maximum Gasteiger partial charge on any atom is 0.491 e. The number of carboxylic acid groups (broad SMARTS) is 1. The molecule has 158 valence electrons. The van der Waals surface area contributed by atoms with E-state index in [9.17, 15) is 14.7 Å². The van der Waals surface area contributed by atoms with Crippen molar-refractivity contribution in [2.75, 3.05) is 20.0 Å². The molecule has 0 saturated carbocycles. The lowest BCUT2D eigenvalue weighted by molar-refractivity contribution is -0.109. The summed E-state index contributed by atoms with van der Waals surface area (Å²) in [7, 11) is 2.24. The topological polar surface area (TPSA) is 91.3 Å². The Kier molecular flexibility index (Phi) is 7.08. The Morgan fingerprint density at radius 3 is 1.97 bits per heavy atom. The molecule has 9 heteroatoms. The second-order valence-electron chi connectivity index (χ2n) is 7.69. The SMILES string of the molecule is COc1cc(C(=O)O)cc(OC)c1C=C(CSC(C)=O)B1OC(C)(C)C(C)(C)O1. The molecule has 7 nitrogen and oxygen atoms in total. The van der Waals surface area contributed by atoms with Gasteiger partial charge in [0.1, 0.15) is 11.5 Å². The van der Waals surface area contributed by atoms with Crippen LogP contribution >= 0.6 is 11.8 Å². The van der Waals surface area contributed by atoms with Crippen LogP contribution < -0.4 is 9.47 Å².